The first-order chi connectivity index (χ1) is 11.8. The van der Waals surface area contributed by atoms with Crippen LogP contribution in [0.25, 0.3) is 11.3 Å². The summed E-state index contributed by atoms with van der Waals surface area (Å²) in [5.74, 6) is 0.0755. The molecule has 0 radical (unpaired) electrons. The van der Waals surface area contributed by atoms with Crippen LogP contribution in [-0.2, 0) is 17.6 Å². The summed E-state index contributed by atoms with van der Waals surface area (Å²) >= 11 is 1.60. The third-order valence-corrected chi connectivity index (χ3v) is 4.58. The number of aryl methyl sites for hydroxylation is 1. The van der Waals surface area contributed by atoms with Crippen LogP contribution in [0, 0.1) is 0 Å². The normalized spacial score (nSPS) is 10.5. The summed E-state index contributed by atoms with van der Waals surface area (Å²) < 4.78 is 0. The van der Waals surface area contributed by atoms with E-state index in [1.54, 1.807) is 23.7 Å². The lowest BCUT2D eigenvalue weighted by Crippen LogP contribution is -2.25. The molecule has 2 heterocycles. The molecule has 3 aromatic rings. The molecule has 0 aliphatic rings. The molecule has 0 aliphatic carbocycles. The van der Waals surface area contributed by atoms with Crippen LogP contribution in [-0.4, -0.2) is 22.4 Å². The average Bonchev–Trinajstić information content (AvgIpc) is 3.11. The highest BCUT2D eigenvalue weighted by Gasteiger charge is 2.07. The zero-order valence-electron chi connectivity index (χ0n) is 13.3. The minimum absolute atomic E-state index is 0.0755. The summed E-state index contributed by atoms with van der Waals surface area (Å²) in [4.78, 5) is 20.5. The molecule has 1 amide bonds. The molecular formula is C19H19N3OS. The van der Waals surface area contributed by atoms with Gasteiger partial charge in [-0.3, -0.25) is 9.78 Å². The molecule has 0 unspecified atom stereocenters. The molecule has 2 aromatic heterocycles. The van der Waals surface area contributed by atoms with Crippen molar-refractivity contribution in [1.82, 2.24) is 15.3 Å². The second-order valence-corrected chi connectivity index (χ2v) is 6.39. The van der Waals surface area contributed by atoms with Crippen LogP contribution in [0.15, 0.2) is 60.2 Å². The predicted octanol–water partition coefficient (Wildman–Crippen LogP) is 3.50. The lowest BCUT2D eigenvalue weighted by molar-refractivity contribution is -0.121. The fraction of sp³-hybridized carbons (Fsp3) is 0.211. The molecule has 0 atom stereocenters. The quantitative estimate of drug-likeness (QED) is 0.718. The van der Waals surface area contributed by atoms with Gasteiger partial charge in [0.15, 0.2) is 0 Å². The number of thiazole rings is 1. The average molecular weight is 337 g/mol. The van der Waals surface area contributed by atoms with Gasteiger partial charge in [-0.25, -0.2) is 4.98 Å². The molecule has 0 bridgehead atoms. The van der Waals surface area contributed by atoms with Crippen molar-refractivity contribution in [2.75, 3.05) is 6.54 Å². The number of nitrogens with one attached hydrogen (secondary N) is 1. The van der Waals surface area contributed by atoms with E-state index in [-0.39, 0.29) is 5.91 Å². The zero-order valence-corrected chi connectivity index (χ0v) is 14.1. The number of carbonyl (C=O) groups excluding carboxylic acids is 1. The Morgan fingerprint density at radius 1 is 1.04 bits per heavy atom. The maximum atomic E-state index is 11.9. The van der Waals surface area contributed by atoms with Crippen LogP contribution >= 0.6 is 11.3 Å². The topological polar surface area (TPSA) is 54.9 Å². The standard InChI is InChI=1S/C19H19N3OS/c23-18(21-13-8-15-4-2-1-3-5-15)6-7-19-22-17(14-24-19)16-9-11-20-12-10-16/h1-5,9-12,14H,6-8,13H2,(H,21,23). The smallest absolute Gasteiger partial charge is 0.220 e. The Labute approximate surface area is 145 Å². The van der Waals surface area contributed by atoms with Gasteiger partial charge in [0.25, 0.3) is 0 Å². The van der Waals surface area contributed by atoms with Gasteiger partial charge in [0, 0.05) is 42.7 Å². The fourth-order valence-corrected chi connectivity index (χ4v) is 3.19. The number of carbonyl (C=O) groups is 1. The van der Waals surface area contributed by atoms with Gasteiger partial charge in [-0.15, -0.1) is 11.3 Å². The lowest BCUT2D eigenvalue weighted by Gasteiger charge is -2.04. The van der Waals surface area contributed by atoms with Crippen molar-refractivity contribution in [3.05, 3.63) is 70.8 Å². The van der Waals surface area contributed by atoms with E-state index in [0.29, 0.717) is 19.4 Å². The third kappa shape index (κ3) is 4.73. The van der Waals surface area contributed by atoms with Gasteiger partial charge in [0.1, 0.15) is 0 Å². The van der Waals surface area contributed by atoms with E-state index in [1.165, 1.54) is 5.56 Å². The van der Waals surface area contributed by atoms with Crippen molar-refractivity contribution in [1.29, 1.82) is 0 Å². The Bertz CT molecular complexity index is 772. The molecule has 0 spiro atoms. The van der Waals surface area contributed by atoms with Crippen molar-refractivity contribution >= 4 is 17.2 Å². The number of benzene rings is 1. The SMILES string of the molecule is O=C(CCc1nc(-c2ccncc2)cs1)NCCc1ccccc1. The first-order valence-electron chi connectivity index (χ1n) is 7.97. The molecule has 0 saturated heterocycles. The van der Waals surface area contributed by atoms with Gasteiger partial charge in [0.05, 0.1) is 10.7 Å². The molecule has 0 fully saturated rings. The molecule has 4 nitrogen and oxygen atoms in total. The molecule has 24 heavy (non-hydrogen) atoms. The molecule has 3 rings (SSSR count). The first kappa shape index (κ1) is 16.3. The number of aromatic nitrogens is 2. The maximum absolute atomic E-state index is 11.9. The van der Waals surface area contributed by atoms with Gasteiger partial charge < -0.3 is 5.32 Å². The van der Waals surface area contributed by atoms with Crippen LogP contribution in [0.2, 0.25) is 0 Å². The van der Waals surface area contributed by atoms with Gasteiger partial charge in [-0.2, -0.15) is 0 Å². The van der Waals surface area contributed by atoms with Crippen molar-refractivity contribution in [2.24, 2.45) is 0 Å². The number of amides is 1. The van der Waals surface area contributed by atoms with Crippen LogP contribution in [0.5, 0.6) is 0 Å². The first-order valence-corrected chi connectivity index (χ1v) is 8.84. The number of rotatable bonds is 7. The number of hydrogen-bond acceptors (Lipinski definition) is 4. The molecule has 122 valence electrons. The van der Waals surface area contributed by atoms with E-state index >= 15 is 0 Å². The highest BCUT2D eigenvalue weighted by molar-refractivity contribution is 7.09. The summed E-state index contributed by atoms with van der Waals surface area (Å²) in [5.41, 5.74) is 3.24. The number of hydrogen-bond donors (Lipinski definition) is 1. The molecule has 5 heteroatoms. The van der Waals surface area contributed by atoms with Gasteiger partial charge in [-0.05, 0) is 24.1 Å². The van der Waals surface area contributed by atoms with Crippen molar-refractivity contribution in [3.63, 3.8) is 0 Å². The highest BCUT2D eigenvalue weighted by atomic mass is 32.1. The number of pyridine rings is 1. The summed E-state index contributed by atoms with van der Waals surface area (Å²) in [5, 5.41) is 5.98. The third-order valence-electron chi connectivity index (χ3n) is 3.67. The van der Waals surface area contributed by atoms with Crippen molar-refractivity contribution < 1.29 is 4.79 Å². The zero-order chi connectivity index (χ0) is 16.6. The largest absolute Gasteiger partial charge is 0.356 e. The minimum atomic E-state index is 0.0755. The second-order valence-electron chi connectivity index (χ2n) is 5.45. The fourth-order valence-electron chi connectivity index (χ4n) is 2.38. The monoisotopic (exact) mass is 337 g/mol. The van der Waals surface area contributed by atoms with E-state index in [9.17, 15) is 4.79 Å². The van der Waals surface area contributed by atoms with Gasteiger partial charge in [0.2, 0.25) is 5.91 Å². The Morgan fingerprint density at radius 2 is 1.83 bits per heavy atom. The van der Waals surface area contributed by atoms with Crippen LogP contribution in [0.4, 0.5) is 0 Å². The Morgan fingerprint density at radius 3 is 2.62 bits per heavy atom. The Balaban J connectivity index is 1.42. The minimum Gasteiger partial charge on any atom is -0.356 e. The van der Waals surface area contributed by atoms with E-state index < -0.39 is 0 Å². The van der Waals surface area contributed by atoms with Crippen LogP contribution < -0.4 is 5.32 Å². The Kier molecular flexibility index (Phi) is 5.69. The highest BCUT2D eigenvalue weighted by Crippen LogP contribution is 2.21. The number of nitrogens with zero attached hydrogens (tertiary/aromatic N) is 2. The molecule has 1 aromatic carbocycles. The summed E-state index contributed by atoms with van der Waals surface area (Å²) in [6.45, 7) is 0.670. The van der Waals surface area contributed by atoms with Gasteiger partial charge >= 0.3 is 0 Å². The van der Waals surface area contributed by atoms with Crippen LogP contribution in [0.1, 0.15) is 17.0 Å². The van der Waals surface area contributed by atoms with Crippen LogP contribution in [0.3, 0.4) is 0 Å². The van der Waals surface area contributed by atoms with E-state index in [2.05, 4.69) is 27.4 Å². The van der Waals surface area contributed by atoms with Gasteiger partial charge in [-0.1, -0.05) is 30.3 Å². The van der Waals surface area contributed by atoms with Crippen molar-refractivity contribution in [3.8, 4) is 11.3 Å². The van der Waals surface area contributed by atoms with E-state index in [1.807, 2.05) is 35.7 Å². The Hall–Kier alpha value is -2.53. The molecule has 1 N–H and O–H groups in total. The summed E-state index contributed by atoms with van der Waals surface area (Å²) in [7, 11) is 0. The molecular weight excluding hydrogens is 318 g/mol. The maximum Gasteiger partial charge on any atom is 0.220 e. The summed E-state index contributed by atoms with van der Waals surface area (Å²) in [6, 6.07) is 14.0. The van der Waals surface area contributed by atoms with Crippen molar-refractivity contribution in [2.45, 2.75) is 19.3 Å². The molecule has 0 saturated carbocycles. The molecule has 0 aliphatic heterocycles. The summed E-state index contributed by atoms with van der Waals surface area (Å²) in [6.07, 6.45) is 5.52. The predicted molar refractivity (Wildman–Crippen MR) is 96.8 cm³/mol. The van der Waals surface area contributed by atoms with E-state index in [4.69, 9.17) is 0 Å². The lowest BCUT2D eigenvalue weighted by atomic mass is 10.1. The second kappa shape index (κ2) is 8.36. The van der Waals surface area contributed by atoms with E-state index in [0.717, 1.165) is 22.7 Å².